The topological polar surface area (TPSA) is 119 Å². The third kappa shape index (κ3) is 2.47. The van der Waals surface area contributed by atoms with Crippen molar-refractivity contribution in [3.8, 4) is 0 Å². The van der Waals surface area contributed by atoms with Gasteiger partial charge in [-0.15, -0.1) is 0 Å². The van der Waals surface area contributed by atoms with Crippen LogP contribution in [0.1, 0.15) is 32.6 Å². The van der Waals surface area contributed by atoms with Crippen LogP contribution >= 0.6 is 0 Å². The lowest BCUT2D eigenvalue weighted by atomic mass is 10.2. The minimum Gasteiger partial charge on any atom is -0.295 e. The monoisotopic (exact) mass is 404 g/mol. The number of aryl methyl sites for hydroxylation is 1. The predicted octanol–water partition coefficient (Wildman–Crippen LogP) is 0.0111. The molecular formula is C18H20N4O5S. The van der Waals surface area contributed by atoms with Gasteiger partial charge in [-0.05, 0) is 56.7 Å². The molecule has 28 heavy (non-hydrogen) atoms. The van der Waals surface area contributed by atoms with Crippen LogP contribution in [-0.4, -0.2) is 29.1 Å². The van der Waals surface area contributed by atoms with E-state index in [2.05, 4.69) is 10.1 Å². The van der Waals surface area contributed by atoms with Crippen LogP contribution in [0.15, 0.2) is 32.7 Å². The van der Waals surface area contributed by atoms with Crippen molar-refractivity contribution in [2.75, 3.05) is 5.43 Å². The molecule has 10 heteroatoms. The second-order valence-corrected chi connectivity index (χ2v) is 10.2. The van der Waals surface area contributed by atoms with Gasteiger partial charge in [0.05, 0.1) is 21.2 Å². The standard InChI is InChI=1S/C18H20N4O5S/c1-17(5-6-17)20-28(26,27)11-3-4-13-12(7-11)14(23)22(16(25)21(13)2)19-15(24)18-8-10(18)9-18/h3-4,7,10,20H,5-6,8-9H2,1-2H3,(H,19,24). The van der Waals surface area contributed by atoms with Crippen molar-refractivity contribution in [1.82, 2.24) is 14.0 Å². The van der Waals surface area contributed by atoms with Crippen molar-refractivity contribution < 1.29 is 13.2 Å². The number of hydrogen-bond donors (Lipinski definition) is 2. The Kier molecular flexibility index (Phi) is 3.22. The molecule has 3 aliphatic rings. The number of sulfonamides is 1. The molecule has 3 fully saturated rings. The summed E-state index contributed by atoms with van der Waals surface area (Å²) in [6.07, 6.45) is 3.09. The number of rotatable bonds is 5. The summed E-state index contributed by atoms with van der Waals surface area (Å²) in [6, 6.07) is 4.06. The van der Waals surface area contributed by atoms with E-state index in [9.17, 15) is 22.8 Å². The summed E-state index contributed by atoms with van der Waals surface area (Å²) in [5.74, 6) is 0.0299. The first-order chi connectivity index (χ1) is 13.1. The molecule has 2 N–H and O–H groups in total. The number of nitrogens with one attached hydrogen (secondary N) is 2. The maximum absolute atomic E-state index is 12.9. The molecule has 0 atom stereocenters. The first-order valence-electron chi connectivity index (χ1n) is 9.18. The van der Waals surface area contributed by atoms with Crippen molar-refractivity contribution in [2.45, 2.75) is 43.0 Å². The summed E-state index contributed by atoms with van der Waals surface area (Å²) in [5, 5.41) is 0.0480. The molecule has 148 valence electrons. The number of carbonyl (C=O) groups excluding carboxylic acids is 1. The number of nitrogens with zero attached hydrogens (tertiary/aromatic N) is 2. The minimum atomic E-state index is -3.80. The average Bonchev–Trinajstić information content (AvgIpc) is 3.52. The zero-order chi connectivity index (χ0) is 20.1. The summed E-state index contributed by atoms with van der Waals surface area (Å²) < 4.78 is 29.8. The molecular weight excluding hydrogens is 384 g/mol. The molecule has 9 nitrogen and oxygen atoms in total. The summed E-state index contributed by atoms with van der Waals surface area (Å²) in [4.78, 5) is 37.8. The van der Waals surface area contributed by atoms with Crippen molar-refractivity contribution in [3.05, 3.63) is 39.0 Å². The SMILES string of the molecule is Cn1c(=O)n(NC(=O)C23CC2C3)c(=O)c2cc(S(=O)(=O)NC3(C)CC3)ccc21. The number of benzene rings is 1. The fraction of sp³-hybridized carbons (Fsp3) is 0.500. The van der Waals surface area contributed by atoms with Crippen LogP contribution in [-0.2, 0) is 21.9 Å². The summed E-state index contributed by atoms with van der Waals surface area (Å²) in [6.45, 7) is 1.82. The van der Waals surface area contributed by atoms with E-state index in [0.717, 1.165) is 25.7 Å². The van der Waals surface area contributed by atoms with Gasteiger partial charge >= 0.3 is 5.69 Å². The molecule has 1 amide bonds. The Morgan fingerprint density at radius 2 is 1.86 bits per heavy atom. The third-order valence-corrected chi connectivity index (χ3v) is 7.92. The fourth-order valence-corrected chi connectivity index (χ4v) is 5.15. The second kappa shape index (κ2) is 5.12. The van der Waals surface area contributed by atoms with Crippen LogP contribution < -0.4 is 21.4 Å². The van der Waals surface area contributed by atoms with Crippen LogP contribution in [0.5, 0.6) is 0 Å². The highest BCUT2D eigenvalue weighted by molar-refractivity contribution is 7.89. The number of fused-ring (bicyclic) bond motifs is 2. The van der Waals surface area contributed by atoms with E-state index in [4.69, 9.17) is 0 Å². The van der Waals surface area contributed by atoms with Gasteiger partial charge in [0.25, 0.3) is 5.56 Å². The van der Waals surface area contributed by atoms with E-state index < -0.39 is 32.2 Å². The Hall–Kier alpha value is -2.46. The van der Waals surface area contributed by atoms with Crippen LogP contribution in [0, 0.1) is 11.3 Å². The molecule has 0 aliphatic heterocycles. The lowest BCUT2D eigenvalue weighted by molar-refractivity contribution is -0.120. The molecule has 5 rings (SSSR count). The van der Waals surface area contributed by atoms with Crippen molar-refractivity contribution >= 4 is 26.8 Å². The van der Waals surface area contributed by atoms with E-state index in [1.54, 1.807) is 0 Å². The third-order valence-electron chi connectivity index (χ3n) is 6.28. The van der Waals surface area contributed by atoms with Crippen molar-refractivity contribution in [3.63, 3.8) is 0 Å². The molecule has 0 radical (unpaired) electrons. The van der Waals surface area contributed by atoms with Gasteiger partial charge in [-0.3, -0.25) is 19.6 Å². The molecule has 1 aromatic heterocycles. The van der Waals surface area contributed by atoms with Crippen molar-refractivity contribution in [1.29, 1.82) is 0 Å². The van der Waals surface area contributed by atoms with Gasteiger partial charge in [0.15, 0.2) is 0 Å². The summed E-state index contributed by atoms with van der Waals surface area (Å²) >= 11 is 0. The quantitative estimate of drug-likeness (QED) is 0.728. The highest BCUT2D eigenvalue weighted by atomic mass is 32.2. The normalized spacial score (nSPS) is 26.6. The Bertz CT molecular complexity index is 1280. The first kappa shape index (κ1) is 17.6. The van der Waals surface area contributed by atoms with Crippen LogP contribution in [0.3, 0.4) is 0 Å². The van der Waals surface area contributed by atoms with E-state index in [0.29, 0.717) is 16.1 Å². The van der Waals surface area contributed by atoms with Gasteiger partial charge in [-0.2, -0.15) is 4.68 Å². The average molecular weight is 404 g/mol. The Morgan fingerprint density at radius 1 is 1.21 bits per heavy atom. The van der Waals surface area contributed by atoms with Crippen LogP contribution in [0.2, 0.25) is 0 Å². The Morgan fingerprint density at radius 3 is 2.43 bits per heavy atom. The number of carbonyl (C=O) groups is 1. The van der Waals surface area contributed by atoms with Crippen LogP contribution in [0.25, 0.3) is 10.9 Å². The molecule has 1 heterocycles. The lowest BCUT2D eigenvalue weighted by Crippen LogP contribution is -2.47. The van der Waals surface area contributed by atoms with Gasteiger partial charge in [-0.25, -0.2) is 17.9 Å². The molecule has 2 aromatic rings. The second-order valence-electron chi connectivity index (χ2n) is 8.53. The molecule has 1 aromatic carbocycles. The predicted molar refractivity (Wildman–Crippen MR) is 101 cm³/mol. The van der Waals surface area contributed by atoms with E-state index in [1.165, 1.54) is 29.8 Å². The largest absolute Gasteiger partial charge is 0.350 e. The molecule has 3 saturated carbocycles. The van der Waals surface area contributed by atoms with E-state index >= 15 is 0 Å². The Labute approximate surface area is 160 Å². The highest BCUT2D eigenvalue weighted by Gasteiger charge is 2.74. The maximum Gasteiger partial charge on any atom is 0.350 e. The molecule has 0 saturated heterocycles. The summed E-state index contributed by atoms with van der Waals surface area (Å²) in [7, 11) is -2.33. The van der Waals surface area contributed by atoms with Crippen LogP contribution in [0.4, 0.5) is 0 Å². The Balaban J connectivity index is 1.61. The van der Waals surface area contributed by atoms with Gasteiger partial charge in [-0.1, -0.05) is 0 Å². The van der Waals surface area contributed by atoms with Gasteiger partial charge in [0, 0.05) is 12.6 Å². The highest BCUT2D eigenvalue weighted by Crippen LogP contribution is 2.75. The van der Waals surface area contributed by atoms with Gasteiger partial charge in [0.2, 0.25) is 15.9 Å². The molecule has 0 unspecified atom stereocenters. The zero-order valence-corrected chi connectivity index (χ0v) is 16.3. The molecule has 0 bridgehead atoms. The number of hydrogen-bond acceptors (Lipinski definition) is 5. The lowest BCUT2D eigenvalue weighted by Gasteiger charge is -2.15. The maximum atomic E-state index is 12.9. The number of aromatic nitrogens is 2. The van der Waals surface area contributed by atoms with E-state index in [1.807, 2.05) is 6.92 Å². The molecule has 0 spiro atoms. The molecule has 3 aliphatic carbocycles. The fourth-order valence-electron chi connectivity index (χ4n) is 3.66. The van der Waals surface area contributed by atoms with E-state index in [-0.39, 0.29) is 16.2 Å². The number of amides is 1. The summed E-state index contributed by atoms with van der Waals surface area (Å²) in [5.41, 5.74) is 0.447. The van der Waals surface area contributed by atoms with Crippen molar-refractivity contribution in [2.24, 2.45) is 18.4 Å². The minimum absolute atomic E-state index is 0.0480. The smallest absolute Gasteiger partial charge is 0.295 e. The van der Waals surface area contributed by atoms with Gasteiger partial charge in [0.1, 0.15) is 0 Å². The first-order valence-corrected chi connectivity index (χ1v) is 10.7. The zero-order valence-electron chi connectivity index (χ0n) is 15.5. The van der Waals surface area contributed by atoms with Gasteiger partial charge < -0.3 is 0 Å².